The molecule has 108 valence electrons. The third-order valence-corrected chi connectivity index (χ3v) is 6.24. The maximum Gasteiger partial charge on any atom is 0.232 e. The number of anilines is 1. The summed E-state index contributed by atoms with van der Waals surface area (Å²) in [5, 5.41) is 14.1. The van der Waals surface area contributed by atoms with Gasteiger partial charge in [-0.2, -0.15) is 0 Å². The summed E-state index contributed by atoms with van der Waals surface area (Å²) in [5.74, 6) is 1.04. The Bertz CT molecular complexity index is 559. The summed E-state index contributed by atoms with van der Waals surface area (Å²) < 4.78 is 0.574. The van der Waals surface area contributed by atoms with E-state index in [9.17, 15) is 9.90 Å². The van der Waals surface area contributed by atoms with Gasteiger partial charge in [-0.3, -0.25) is 4.79 Å². The van der Waals surface area contributed by atoms with Gasteiger partial charge in [-0.25, -0.2) is 4.98 Å². The molecule has 4 aliphatic carbocycles. The molecule has 1 heterocycles. The van der Waals surface area contributed by atoms with E-state index in [1.54, 1.807) is 6.20 Å². The molecule has 2 unspecified atom stereocenters. The molecule has 1 amide bonds. The molecule has 5 rings (SSSR count). The monoisotopic (exact) mass is 312 g/mol. The van der Waals surface area contributed by atoms with Crippen LogP contribution in [0.25, 0.3) is 0 Å². The Labute approximate surface area is 126 Å². The average molecular weight is 313 g/mol. The number of halogens is 1. The van der Waals surface area contributed by atoms with E-state index < -0.39 is 11.0 Å². The summed E-state index contributed by atoms with van der Waals surface area (Å²) in [6.45, 7) is 0. The number of carbonyl (C=O) groups is 1. The van der Waals surface area contributed by atoms with E-state index >= 15 is 0 Å². The lowest BCUT2D eigenvalue weighted by molar-refractivity contribution is -0.174. The Hall–Kier alpha value is -0.650. The molecular weight excluding hydrogens is 296 g/mol. The molecule has 6 heteroatoms. The quantitative estimate of drug-likeness (QED) is 0.882. The largest absolute Gasteiger partial charge is 0.390 e. The second-order valence-corrected chi connectivity index (χ2v) is 8.55. The highest BCUT2D eigenvalue weighted by molar-refractivity contribution is 7.19. The van der Waals surface area contributed by atoms with Gasteiger partial charge in [0.1, 0.15) is 4.34 Å². The molecular formula is C14H17ClN2O2S. The molecule has 0 spiro atoms. The topological polar surface area (TPSA) is 62.2 Å². The highest BCUT2D eigenvalue weighted by Crippen LogP contribution is 2.61. The molecule has 4 nitrogen and oxygen atoms in total. The Kier molecular flexibility index (Phi) is 2.73. The first-order chi connectivity index (χ1) is 9.46. The zero-order valence-corrected chi connectivity index (χ0v) is 12.6. The molecule has 4 saturated carbocycles. The minimum Gasteiger partial charge on any atom is -0.390 e. The molecule has 4 fully saturated rings. The number of thiazole rings is 1. The second-order valence-electron chi connectivity index (χ2n) is 6.89. The van der Waals surface area contributed by atoms with Crippen molar-refractivity contribution in [3.8, 4) is 0 Å². The standard InChI is InChI=1S/C14H17ClN2O2S/c15-10-6-16-12(20-10)17-11(18)13-2-8-1-9(3-13)5-14(19,4-8)7-13/h6,8-9,19H,1-5,7H2,(H,16,17,18). The fourth-order valence-electron chi connectivity index (χ4n) is 5.02. The number of nitrogens with zero attached hydrogens (tertiary/aromatic N) is 1. The van der Waals surface area contributed by atoms with Gasteiger partial charge in [0.2, 0.25) is 5.91 Å². The Balaban J connectivity index is 1.59. The maximum absolute atomic E-state index is 12.7. The summed E-state index contributed by atoms with van der Waals surface area (Å²) >= 11 is 7.13. The van der Waals surface area contributed by atoms with E-state index in [-0.39, 0.29) is 5.91 Å². The third kappa shape index (κ3) is 1.98. The van der Waals surface area contributed by atoms with Crippen molar-refractivity contribution in [3.63, 3.8) is 0 Å². The number of rotatable bonds is 2. The Morgan fingerprint density at radius 3 is 2.65 bits per heavy atom. The van der Waals surface area contributed by atoms with Gasteiger partial charge in [-0.15, -0.1) is 0 Å². The van der Waals surface area contributed by atoms with Crippen LogP contribution in [-0.4, -0.2) is 21.6 Å². The first-order valence-electron chi connectivity index (χ1n) is 7.12. The van der Waals surface area contributed by atoms with Crippen LogP contribution >= 0.6 is 22.9 Å². The predicted molar refractivity (Wildman–Crippen MR) is 77.8 cm³/mol. The first-order valence-corrected chi connectivity index (χ1v) is 8.31. The zero-order chi connectivity index (χ0) is 14.0. The van der Waals surface area contributed by atoms with E-state index in [0.29, 0.717) is 27.7 Å². The lowest BCUT2D eigenvalue weighted by Gasteiger charge is -2.59. The van der Waals surface area contributed by atoms with Gasteiger partial charge >= 0.3 is 0 Å². The van der Waals surface area contributed by atoms with Gasteiger partial charge in [-0.05, 0) is 50.4 Å². The number of carbonyl (C=O) groups excluding carboxylic acids is 1. The van der Waals surface area contributed by atoms with Crippen molar-refractivity contribution in [2.24, 2.45) is 17.3 Å². The number of hydrogen-bond donors (Lipinski definition) is 2. The number of aromatic nitrogens is 1. The van der Waals surface area contributed by atoms with E-state index in [4.69, 9.17) is 11.6 Å². The van der Waals surface area contributed by atoms with Crippen LogP contribution in [0.15, 0.2) is 6.20 Å². The van der Waals surface area contributed by atoms with Crippen LogP contribution in [0.5, 0.6) is 0 Å². The van der Waals surface area contributed by atoms with E-state index in [1.165, 1.54) is 17.8 Å². The smallest absolute Gasteiger partial charge is 0.232 e. The van der Waals surface area contributed by atoms with E-state index in [2.05, 4.69) is 10.3 Å². The van der Waals surface area contributed by atoms with Crippen molar-refractivity contribution in [3.05, 3.63) is 10.5 Å². The van der Waals surface area contributed by atoms with Crippen molar-refractivity contribution in [1.82, 2.24) is 4.98 Å². The van der Waals surface area contributed by atoms with Crippen LogP contribution < -0.4 is 5.32 Å². The van der Waals surface area contributed by atoms with Crippen LogP contribution in [-0.2, 0) is 4.79 Å². The van der Waals surface area contributed by atoms with Crippen LogP contribution in [0.3, 0.4) is 0 Å². The Morgan fingerprint density at radius 1 is 1.40 bits per heavy atom. The van der Waals surface area contributed by atoms with Crippen molar-refractivity contribution < 1.29 is 9.90 Å². The highest BCUT2D eigenvalue weighted by atomic mass is 35.5. The molecule has 2 N–H and O–H groups in total. The summed E-state index contributed by atoms with van der Waals surface area (Å²) in [6.07, 6.45) is 6.92. The molecule has 0 aromatic carbocycles. The minimum atomic E-state index is -0.609. The molecule has 1 aromatic rings. The van der Waals surface area contributed by atoms with Crippen molar-refractivity contribution >= 4 is 34.0 Å². The van der Waals surface area contributed by atoms with Gasteiger partial charge in [0.25, 0.3) is 0 Å². The van der Waals surface area contributed by atoms with Crippen LogP contribution in [0.2, 0.25) is 4.34 Å². The maximum atomic E-state index is 12.7. The summed E-state index contributed by atoms with van der Waals surface area (Å²) in [5.41, 5.74) is -1.00. The molecule has 4 aliphatic rings. The molecule has 1 aromatic heterocycles. The molecule has 0 saturated heterocycles. The fourth-order valence-corrected chi connectivity index (χ4v) is 5.83. The molecule has 4 bridgehead atoms. The number of aliphatic hydroxyl groups is 1. The SMILES string of the molecule is O=C(Nc1ncc(Cl)s1)C12CC3CC(CC(O)(C3)C1)C2. The van der Waals surface area contributed by atoms with Crippen LogP contribution in [0.1, 0.15) is 38.5 Å². The van der Waals surface area contributed by atoms with Crippen molar-refractivity contribution in [1.29, 1.82) is 0 Å². The third-order valence-electron chi connectivity index (χ3n) is 5.21. The number of amides is 1. The minimum absolute atomic E-state index is 0.0241. The second kappa shape index (κ2) is 4.18. The Morgan fingerprint density at radius 2 is 2.10 bits per heavy atom. The summed E-state index contributed by atoms with van der Waals surface area (Å²) in [6, 6.07) is 0. The zero-order valence-electron chi connectivity index (χ0n) is 11.1. The van der Waals surface area contributed by atoms with Gasteiger partial charge in [0.05, 0.1) is 17.2 Å². The van der Waals surface area contributed by atoms with Crippen molar-refractivity contribution in [2.45, 2.75) is 44.1 Å². The summed E-state index contributed by atoms with van der Waals surface area (Å²) in [7, 11) is 0. The van der Waals surface area contributed by atoms with Gasteiger partial charge in [0.15, 0.2) is 5.13 Å². The van der Waals surface area contributed by atoms with Gasteiger partial charge in [0, 0.05) is 0 Å². The number of hydrogen-bond acceptors (Lipinski definition) is 4. The van der Waals surface area contributed by atoms with Crippen LogP contribution in [0, 0.1) is 17.3 Å². The van der Waals surface area contributed by atoms with Gasteiger partial charge in [-0.1, -0.05) is 22.9 Å². The van der Waals surface area contributed by atoms with Crippen LogP contribution in [0.4, 0.5) is 5.13 Å². The normalized spacial score (nSPS) is 41.9. The fraction of sp³-hybridized carbons (Fsp3) is 0.714. The molecule has 0 radical (unpaired) electrons. The van der Waals surface area contributed by atoms with Gasteiger partial charge < -0.3 is 10.4 Å². The molecule has 0 aliphatic heterocycles. The van der Waals surface area contributed by atoms with E-state index in [1.807, 2.05) is 0 Å². The van der Waals surface area contributed by atoms with E-state index in [0.717, 1.165) is 25.7 Å². The summed E-state index contributed by atoms with van der Waals surface area (Å²) in [4.78, 5) is 16.8. The van der Waals surface area contributed by atoms with Crippen molar-refractivity contribution in [2.75, 3.05) is 5.32 Å². The molecule has 2 atom stereocenters. The predicted octanol–water partition coefficient (Wildman–Crippen LogP) is 3.07. The lowest BCUT2D eigenvalue weighted by atomic mass is 9.47. The molecule has 20 heavy (non-hydrogen) atoms. The number of nitrogens with one attached hydrogen (secondary N) is 1. The highest BCUT2D eigenvalue weighted by Gasteiger charge is 2.60. The average Bonchev–Trinajstić information content (AvgIpc) is 2.71. The first kappa shape index (κ1) is 13.0. The lowest BCUT2D eigenvalue weighted by Crippen LogP contribution is -2.59.